The van der Waals surface area contributed by atoms with Gasteiger partial charge in [0.2, 0.25) is 0 Å². The van der Waals surface area contributed by atoms with Crippen LogP contribution in [0.5, 0.6) is 11.5 Å². The molecule has 1 unspecified atom stereocenters. The summed E-state index contributed by atoms with van der Waals surface area (Å²) < 4.78 is 11.0. The summed E-state index contributed by atoms with van der Waals surface area (Å²) in [6, 6.07) is 2.18. The predicted molar refractivity (Wildman–Crippen MR) is 105 cm³/mol. The fourth-order valence-electron chi connectivity index (χ4n) is 2.73. The summed E-state index contributed by atoms with van der Waals surface area (Å²) in [4.78, 5) is 26.5. The molecular weight excluding hydrogens is 416 g/mol. The van der Waals surface area contributed by atoms with Gasteiger partial charge >= 0.3 is 12.0 Å². The topological polar surface area (TPSA) is 88.1 Å². The van der Waals surface area contributed by atoms with Gasteiger partial charge in [0.05, 0.1) is 29.8 Å². The Bertz CT molecular complexity index is 776. The molecule has 7 nitrogen and oxygen atoms in total. The molecule has 1 aromatic rings. The maximum absolute atomic E-state index is 12.8. The number of urea groups is 1. The number of benzene rings is 1. The number of esters is 1. The molecule has 1 heterocycles. The number of carbonyl (C=O) groups is 2. The number of hydrogen-bond acceptors (Lipinski definition) is 5. The summed E-state index contributed by atoms with van der Waals surface area (Å²) >= 11 is 3.28. The van der Waals surface area contributed by atoms with Gasteiger partial charge in [-0.05, 0) is 52.9 Å². The van der Waals surface area contributed by atoms with Crippen molar-refractivity contribution in [3.05, 3.63) is 33.4 Å². The number of ether oxygens (including phenoxy) is 2. The van der Waals surface area contributed by atoms with Crippen LogP contribution < -0.4 is 10.1 Å². The van der Waals surface area contributed by atoms with E-state index in [2.05, 4.69) is 35.1 Å². The molecule has 2 N–H and O–H groups in total. The summed E-state index contributed by atoms with van der Waals surface area (Å²) in [5, 5.41) is 12.8. The van der Waals surface area contributed by atoms with Crippen LogP contribution in [-0.2, 0) is 9.53 Å². The van der Waals surface area contributed by atoms with E-state index >= 15 is 0 Å². The van der Waals surface area contributed by atoms with Crippen molar-refractivity contribution in [2.45, 2.75) is 33.2 Å². The highest BCUT2D eigenvalue weighted by Crippen LogP contribution is 2.40. The monoisotopic (exact) mass is 440 g/mol. The Balaban J connectivity index is 2.45. The van der Waals surface area contributed by atoms with Gasteiger partial charge in [-0.15, -0.1) is 0 Å². The number of phenolic OH excluding ortho intramolecular Hbond substituents is 1. The maximum atomic E-state index is 12.8. The van der Waals surface area contributed by atoms with Crippen LogP contribution in [0.3, 0.4) is 0 Å². The first kappa shape index (κ1) is 21.1. The molecule has 2 rings (SSSR count). The van der Waals surface area contributed by atoms with Crippen molar-refractivity contribution in [1.29, 1.82) is 0 Å². The Morgan fingerprint density at radius 2 is 2.07 bits per heavy atom. The predicted octanol–water partition coefficient (Wildman–Crippen LogP) is 3.72. The normalized spacial score (nSPS) is 17.2. The van der Waals surface area contributed by atoms with Crippen molar-refractivity contribution in [2.24, 2.45) is 5.92 Å². The first-order valence-corrected chi connectivity index (χ1v) is 9.45. The van der Waals surface area contributed by atoms with E-state index in [4.69, 9.17) is 9.47 Å². The van der Waals surface area contributed by atoms with Crippen molar-refractivity contribution in [3.63, 3.8) is 0 Å². The third-order valence-corrected chi connectivity index (χ3v) is 5.11. The van der Waals surface area contributed by atoms with Gasteiger partial charge in [-0.2, -0.15) is 0 Å². The molecule has 0 bridgehead atoms. The minimum absolute atomic E-state index is 0.0535. The second-order valence-corrected chi connectivity index (χ2v) is 7.67. The van der Waals surface area contributed by atoms with Crippen LogP contribution in [-0.4, -0.2) is 42.8 Å². The zero-order chi connectivity index (χ0) is 20.3. The number of nitrogens with one attached hydrogen (secondary N) is 1. The minimum Gasteiger partial charge on any atom is -0.503 e. The van der Waals surface area contributed by atoms with Crippen LogP contribution in [0.15, 0.2) is 27.9 Å². The molecule has 2 amide bonds. The molecule has 0 spiro atoms. The average molecular weight is 441 g/mol. The van der Waals surface area contributed by atoms with Crippen LogP contribution >= 0.6 is 15.9 Å². The summed E-state index contributed by atoms with van der Waals surface area (Å²) in [7, 11) is 3.02. The summed E-state index contributed by atoms with van der Waals surface area (Å²) in [5.74, 6) is 0.114. The van der Waals surface area contributed by atoms with Gasteiger partial charge in [0.1, 0.15) is 0 Å². The first-order valence-electron chi connectivity index (χ1n) is 8.65. The molecule has 1 aromatic carbocycles. The standard InChI is InChI=1S/C19H25BrN2O5/c1-10(2)6-7-27-18(24)15-11(3)22(4)19(25)21-16(15)12-8-13(20)17(23)14(9-12)26-5/h8-10,16,23H,6-7H2,1-5H3,(H,21,25). The number of allylic oxidation sites excluding steroid dienone is 1. The highest BCUT2D eigenvalue weighted by atomic mass is 79.9. The smallest absolute Gasteiger partial charge is 0.338 e. The Morgan fingerprint density at radius 1 is 1.41 bits per heavy atom. The molecule has 0 aromatic heterocycles. The Labute approximate surface area is 167 Å². The highest BCUT2D eigenvalue weighted by molar-refractivity contribution is 9.10. The van der Waals surface area contributed by atoms with Gasteiger partial charge in [0.25, 0.3) is 0 Å². The second kappa shape index (κ2) is 8.65. The average Bonchev–Trinajstić information content (AvgIpc) is 2.61. The van der Waals surface area contributed by atoms with Crippen LogP contribution in [0, 0.1) is 5.92 Å². The van der Waals surface area contributed by atoms with Gasteiger partial charge in [0.15, 0.2) is 11.5 Å². The molecule has 0 aliphatic carbocycles. The van der Waals surface area contributed by atoms with Crippen molar-refractivity contribution >= 4 is 27.9 Å². The Hall–Kier alpha value is -2.22. The van der Waals surface area contributed by atoms with E-state index in [9.17, 15) is 14.7 Å². The molecule has 0 fully saturated rings. The fraction of sp³-hybridized carbons (Fsp3) is 0.474. The number of amides is 2. The summed E-state index contributed by atoms with van der Waals surface area (Å²) in [6.07, 6.45) is 0.753. The zero-order valence-corrected chi connectivity index (χ0v) is 17.7. The van der Waals surface area contributed by atoms with E-state index in [-0.39, 0.29) is 17.5 Å². The zero-order valence-electron chi connectivity index (χ0n) is 16.1. The van der Waals surface area contributed by atoms with Crippen molar-refractivity contribution in [1.82, 2.24) is 10.2 Å². The third kappa shape index (κ3) is 4.55. The van der Waals surface area contributed by atoms with Crippen LogP contribution in [0.25, 0.3) is 0 Å². The van der Waals surface area contributed by atoms with Crippen LogP contribution in [0.4, 0.5) is 4.79 Å². The van der Waals surface area contributed by atoms with Crippen molar-refractivity contribution in [2.75, 3.05) is 20.8 Å². The molecule has 1 atom stereocenters. The molecule has 8 heteroatoms. The van der Waals surface area contributed by atoms with E-state index < -0.39 is 12.0 Å². The van der Waals surface area contributed by atoms with E-state index in [0.717, 1.165) is 6.42 Å². The molecule has 148 valence electrons. The summed E-state index contributed by atoms with van der Waals surface area (Å²) in [6.45, 7) is 6.11. The number of halogens is 1. The lowest BCUT2D eigenvalue weighted by molar-refractivity contribution is -0.140. The molecule has 0 saturated carbocycles. The van der Waals surface area contributed by atoms with Crippen LogP contribution in [0.2, 0.25) is 0 Å². The number of nitrogens with zero attached hydrogens (tertiary/aromatic N) is 1. The van der Waals surface area contributed by atoms with Gasteiger partial charge < -0.3 is 24.8 Å². The van der Waals surface area contributed by atoms with Crippen LogP contribution in [0.1, 0.15) is 38.8 Å². The molecule has 1 aliphatic heterocycles. The number of hydrogen-bond donors (Lipinski definition) is 2. The van der Waals surface area contributed by atoms with E-state index in [1.54, 1.807) is 26.1 Å². The maximum Gasteiger partial charge on any atom is 0.338 e. The largest absolute Gasteiger partial charge is 0.503 e. The quantitative estimate of drug-likeness (QED) is 0.657. The first-order chi connectivity index (χ1) is 12.7. The number of rotatable bonds is 6. The third-order valence-electron chi connectivity index (χ3n) is 4.51. The van der Waals surface area contributed by atoms with Gasteiger partial charge in [-0.1, -0.05) is 13.8 Å². The summed E-state index contributed by atoms with van der Waals surface area (Å²) in [5.41, 5.74) is 1.45. The van der Waals surface area contributed by atoms with Gasteiger partial charge in [-0.25, -0.2) is 9.59 Å². The number of aromatic hydroxyl groups is 1. The molecule has 1 aliphatic rings. The van der Waals surface area contributed by atoms with E-state index in [0.29, 0.717) is 33.8 Å². The van der Waals surface area contributed by atoms with Gasteiger partial charge in [0, 0.05) is 12.7 Å². The number of carbonyl (C=O) groups excluding carboxylic acids is 2. The Kier molecular flexibility index (Phi) is 6.75. The lowest BCUT2D eigenvalue weighted by Gasteiger charge is -2.33. The van der Waals surface area contributed by atoms with Crippen molar-refractivity contribution < 1.29 is 24.2 Å². The van der Waals surface area contributed by atoms with Crippen molar-refractivity contribution in [3.8, 4) is 11.5 Å². The SMILES string of the molecule is COc1cc(C2NC(=O)N(C)C(C)=C2C(=O)OCCC(C)C)cc(Br)c1O. The highest BCUT2D eigenvalue weighted by Gasteiger charge is 2.35. The van der Waals surface area contributed by atoms with E-state index in [1.807, 2.05) is 0 Å². The fourth-order valence-corrected chi connectivity index (χ4v) is 3.19. The molecule has 27 heavy (non-hydrogen) atoms. The number of methoxy groups -OCH3 is 1. The minimum atomic E-state index is -0.717. The molecule has 0 saturated heterocycles. The lowest BCUT2D eigenvalue weighted by Crippen LogP contribution is -2.46. The molecule has 0 radical (unpaired) electrons. The van der Waals surface area contributed by atoms with E-state index in [1.165, 1.54) is 12.0 Å². The number of phenols is 1. The Morgan fingerprint density at radius 3 is 2.67 bits per heavy atom. The van der Waals surface area contributed by atoms with Gasteiger partial charge in [-0.3, -0.25) is 0 Å². The molecular formula is C19H25BrN2O5. The second-order valence-electron chi connectivity index (χ2n) is 6.81. The lowest BCUT2D eigenvalue weighted by atomic mass is 9.94.